The van der Waals surface area contributed by atoms with E-state index in [1.807, 2.05) is 43.3 Å². The molecule has 6 heteroatoms. The smallest absolute Gasteiger partial charge is 0.247 e. The molecule has 0 atom stereocenters. The lowest BCUT2D eigenvalue weighted by Crippen LogP contribution is -2.13. The van der Waals surface area contributed by atoms with E-state index < -0.39 is 5.91 Å². The highest BCUT2D eigenvalue weighted by atomic mass is 16.1. The van der Waals surface area contributed by atoms with Gasteiger partial charge >= 0.3 is 0 Å². The molecule has 4 rings (SSSR count). The Balaban J connectivity index is 2.02. The maximum Gasteiger partial charge on any atom is 0.247 e. The van der Waals surface area contributed by atoms with E-state index in [2.05, 4.69) is 22.9 Å². The number of primary amides is 1. The Hall–Kier alpha value is -4.37. The number of nitrogens with one attached hydrogen (secondary N) is 2. The van der Waals surface area contributed by atoms with Gasteiger partial charge in [-0.25, -0.2) is 0 Å². The van der Waals surface area contributed by atoms with E-state index in [0.717, 1.165) is 44.1 Å². The summed E-state index contributed by atoms with van der Waals surface area (Å²) in [7, 11) is 0. The van der Waals surface area contributed by atoms with Crippen molar-refractivity contribution in [2.24, 2.45) is 5.73 Å². The number of aromatic amines is 1. The largest absolute Gasteiger partial charge is 0.369 e. The number of carbonyl (C=O) groups is 2. The molecule has 0 spiro atoms. The minimum atomic E-state index is -0.421. The molecule has 152 valence electrons. The first-order valence-corrected chi connectivity index (χ1v) is 9.72. The number of hydrogen-bond acceptors (Lipinski definition) is 3. The summed E-state index contributed by atoms with van der Waals surface area (Å²) < 4.78 is 0. The van der Waals surface area contributed by atoms with Gasteiger partial charge in [-0.05, 0) is 53.5 Å². The molecule has 4 aromatic rings. The Morgan fingerprint density at radius 1 is 1.19 bits per heavy atom. The van der Waals surface area contributed by atoms with Crippen LogP contribution in [0.3, 0.4) is 0 Å². The van der Waals surface area contributed by atoms with Gasteiger partial charge in [0, 0.05) is 22.0 Å². The predicted octanol–water partition coefficient (Wildman–Crippen LogP) is 4.32. The van der Waals surface area contributed by atoms with Gasteiger partial charge in [0.25, 0.3) is 0 Å². The van der Waals surface area contributed by atoms with Gasteiger partial charge in [0.1, 0.15) is 0 Å². The molecule has 2 amide bonds. The van der Waals surface area contributed by atoms with Crippen molar-refractivity contribution >= 4 is 39.3 Å². The molecule has 0 saturated heterocycles. The number of anilines is 1. The number of rotatable bonds is 5. The van der Waals surface area contributed by atoms with E-state index in [1.165, 1.54) is 6.08 Å². The Bertz CT molecular complexity index is 1420. The van der Waals surface area contributed by atoms with Crippen molar-refractivity contribution in [1.82, 2.24) is 4.98 Å². The third-order valence-electron chi connectivity index (χ3n) is 5.40. The van der Waals surface area contributed by atoms with Gasteiger partial charge in [-0.15, -0.1) is 0 Å². The molecular formula is C25H20N4O2. The summed E-state index contributed by atoms with van der Waals surface area (Å²) in [4.78, 5) is 26.8. The second kappa shape index (κ2) is 7.81. The van der Waals surface area contributed by atoms with Gasteiger partial charge in [0.15, 0.2) is 0 Å². The monoisotopic (exact) mass is 408 g/mol. The van der Waals surface area contributed by atoms with Crippen molar-refractivity contribution in [1.29, 1.82) is 5.26 Å². The van der Waals surface area contributed by atoms with E-state index in [-0.39, 0.29) is 12.3 Å². The number of nitriles is 1. The molecule has 1 heterocycles. The molecule has 6 nitrogen and oxygen atoms in total. The van der Waals surface area contributed by atoms with Crippen molar-refractivity contribution in [2.45, 2.75) is 13.3 Å². The second-order valence-electron chi connectivity index (χ2n) is 7.33. The number of aromatic nitrogens is 1. The third kappa shape index (κ3) is 3.53. The van der Waals surface area contributed by atoms with Gasteiger partial charge in [-0.2, -0.15) is 5.26 Å². The summed E-state index contributed by atoms with van der Waals surface area (Å²) in [6.45, 7) is 5.45. The first-order valence-electron chi connectivity index (χ1n) is 9.72. The summed E-state index contributed by atoms with van der Waals surface area (Å²) in [6, 6.07) is 17.2. The molecule has 0 saturated carbocycles. The molecule has 0 aliphatic rings. The van der Waals surface area contributed by atoms with Gasteiger partial charge in [-0.3, -0.25) is 9.59 Å². The summed E-state index contributed by atoms with van der Waals surface area (Å²) in [5.41, 5.74) is 11.9. The average molecular weight is 408 g/mol. The summed E-state index contributed by atoms with van der Waals surface area (Å²) in [5.74, 6) is -0.700. The summed E-state index contributed by atoms with van der Waals surface area (Å²) in [6.07, 6.45) is 1.33. The van der Waals surface area contributed by atoms with E-state index in [9.17, 15) is 14.9 Å². The van der Waals surface area contributed by atoms with Gasteiger partial charge < -0.3 is 16.0 Å². The number of nitrogens with two attached hydrogens (primary N) is 1. The quantitative estimate of drug-likeness (QED) is 0.428. The minimum Gasteiger partial charge on any atom is -0.369 e. The fraction of sp³-hybridized carbons (Fsp3) is 0.0800. The molecule has 0 unspecified atom stereocenters. The van der Waals surface area contributed by atoms with E-state index in [4.69, 9.17) is 5.73 Å². The topological polar surface area (TPSA) is 112 Å². The van der Waals surface area contributed by atoms with Gasteiger partial charge in [0.2, 0.25) is 11.8 Å². The third-order valence-corrected chi connectivity index (χ3v) is 5.40. The fourth-order valence-corrected chi connectivity index (χ4v) is 3.94. The predicted molar refractivity (Wildman–Crippen MR) is 122 cm³/mol. The molecule has 0 aliphatic carbocycles. The highest BCUT2D eigenvalue weighted by Crippen LogP contribution is 2.39. The van der Waals surface area contributed by atoms with Crippen molar-refractivity contribution in [3.05, 3.63) is 77.9 Å². The standard InChI is InChI=1S/C25H20N4O2/c1-3-23(31)28-20-6-4-5-17(14(20)2)18-10-8-16(12-22(27)30)25-24(18)19-9-7-15(13-26)11-21(19)29-25/h3-11,29H,1,12H2,2H3,(H2,27,30)(H,28,31). The lowest BCUT2D eigenvalue weighted by molar-refractivity contribution is -0.117. The molecule has 0 fully saturated rings. The number of fused-ring (bicyclic) bond motifs is 3. The van der Waals surface area contributed by atoms with Crippen LogP contribution in [0.4, 0.5) is 5.69 Å². The number of benzene rings is 3. The number of nitrogens with zero attached hydrogens (tertiary/aromatic N) is 1. The zero-order valence-electron chi connectivity index (χ0n) is 17.0. The Morgan fingerprint density at radius 2 is 2.00 bits per heavy atom. The van der Waals surface area contributed by atoms with Crippen LogP contribution in [0.2, 0.25) is 0 Å². The van der Waals surface area contributed by atoms with E-state index >= 15 is 0 Å². The Morgan fingerprint density at radius 3 is 2.71 bits per heavy atom. The maximum atomic E-state index is 11.8. The van der Waals surface area contributed by atoms with Crippen molar-refractivity contribution in [2.75, 3.05) is 5.32 Å². The molecule has 0 radical (unpaired) electrons. The highest BCUT2D eigenvalue weighted by Gasteiger charge is 2.17. The van der Waals surface area contributed by atoms with Crippen LogP contribution in [0.5, 0.6) is 0 Å². The average Bonchev–Trinajstić information content (AvgIpc) is 3.14. The lowest BCUT2D eigenvalue weighted by Gasteiger charge is -2.14. The zero-order valence-corrected chi connectivity index (χ0v) is 17.0. The molecule has 0 aliphatic heterocycles. The number of H-pyrrole nitrogens is 1. The van der Waals surface area contributed by atoms with Crippen LogP contribution in [0.1, 0.15) is 16.7 Å². The van der Waals surface area contributed by atoms with Crippen LogP contribution in [0, 0.1) is 18.3 Å². The normalized spacial score (nSPS) is 10.7. The van der Waals surface area contributed by atoms with Gasteiger partial charge in [0.05, 0.1) is 23.6 Å². The Kier molecular flexibility index (Phi) is 5.02. The molecule has 1 aromatic heterocycles. The van der Waals surface area contributed by atoms with Crippen LogP contribution < -0.4 is 11.1 Å². The summed E-state index contributed by atoms with van der Waals surface area (Å²) in [5, 5.41) is 14.0. The number of amides is 2. The van der Waals surface area contributed by atoms with Crippen LogP contribution in [-0.2, 0) is 16.0 Å². The molecule has 4 N–H and O–H groups in total. The van der Waals surface area contributed by atoms with Crippen molar-refractivity contribution < 1.29 is 9.59 Å². The van der Waals surface area contributed by atoms with Crippen LogP contribution in [-0.4, -0.2) is 16.8 Å². The molecule has 31 heavy (non-hydrogen) atoms. The number of carbonyl (C=O) groups excluding carboxylic acids is 2. The van der Waals surface area contributed by atoms with Crippen LogP contribution in [0.25, 0.3) is 32.9 Å². The number of hydrogen-bond donors (Lipinski definition) is 3. The minimum absolute atomic E-state index is 0.100. The first-order chi connectivity index (χ1) is 14.9. The molecular weight excluding hydrogens is 388 g/mol. The van der Waals surface area contributed by atoms with E-state index in [0.29, 0.717) is 11.3 Å². The van der Waals surface area contributed by atoms with Crippen molar-refractivity contribution in [3.63, 3.8) is 0 Å². The highest BCUT2D eigenvalue weighted by molar-refractivity contribution is 6.16. The van der Waals surface area contributed by atoms with Crippen molar-refractivity contribution in [3.8, 4) is 17.2 Å². The first kappa shape index (κ1) is 19.9. The molecule has 3 aromatic carbocycles. The molecule has 0 bridgehead atoms. The second-order valence-corrected chi connectivity index (χ2v) is 7.33. The summed E-state index contributed by atoms with van der Waals surface area (Å²) >= 11 is 0. The fourth-order valence-electron chi connectivity index (χ4n) is 3.94. The SMILES string of the molecule is C=CC(=O)Nc1cccc(-c2ccc(CC(N)=O)c3[nH]c4cc(C#N)ccc4c23)c1C. The zero-order chi connectivity index (χ0) is 22.1. The lowest BCUT2D eigenvalue weighted by atomic mass is 9.92. The van der Waals surface area contributed by atoms with Crippen LogP contribution in [0.15, 0.2) is 61.2 Å². The Labute approximate surface area is 179 Å². The van der Waals surface area contributed by atoms with E-state index in [1.54, 1.807) is 12.1 Å². The maximum absolute atomic E-state index is 11.8. The van der Waals surface area contributed by atoms with Crippen LogP contribution >= 0.6 is 0 Å². The van der Waals surface area contributed by atoms with Gasteiger partial charge in [-0.1, -0.05) is 36.9 Å².